The predicted octanol–water partition coefficient (Wildman–Crippen LogP) is 1.85. The Balaban J connectivity index is 1.70. The van der Waals surface area contributed by atoms with Gasteiger partial charge in [-0.2, -0.15) is 0 Å². The summed E-state index contributed by atoms with van der Waals surface area (Å²) in [7, 11) is -2.96. The number of amides is 1. The van der Waals surface area contributed by atoms with Gasteiger partial charge in [-0.25, -0.2) is 8.42 Å². The lowest BCUT2D eigenvalue weighted by atomic mass is 9.96. The van der Waals surface area contributed by atoms with E-state index < -0.39 is 9.84 Å². The first-order valence-electron chi connectivity index (χ1n) is 8.46. The molecule has 136 valence electrons. The van der Waals surface area contributed by atoms with Gasteiger partial charge in [0.1, 0.15) is 5.76 Å². The van der Waals surface area contributed by atoms with E-state index in [9.17, 15) is 13.2 Å². The Morgan fingerprint density at radius 3 is 2.62 bits per heavy atom. The third-order valence-corrected chi connectivity index (χ3v) is 6.75. The monoisotopic (exact) mass is 357 g/mol. The van der Waals surface area contributed by atoms with Gasteiger partial charge in [0.2, 0.25) is 5.91 Å². The summed E-state index contributed by atoms with van der Waals surface area (Å²) in [6, 6.07) is 1.70. The van der Waals surface area contributed by atoms with Crippen LogP contribution in [0.15, 0.2) is 10.6 Å². The lowest BCUT2D eigenvalue weighted by Crippen LogP contribution is -2.39. The third kappa shape index (κ3) is 5.31. The zero-order valence-electron chi connectivity index (χ0n) is 14.6. The van der Waals surface area contributed by atoms with E-state index in [4.69, 9.17) is 4.52 Å². The Morgan fingerprint density at radius 2 is 2.08 bits per heavy atom. The molecule has 1 aromatic rings. The number of hydrogen-bond donors (Lipinski definition) is 1. The molecular formula is C16H27N3O4S. The van der Waals surface area contributed by atoms with E-state index in [1.54, 1.807) is 26.8 Å². The number of aryl methyl sites for hydroxylation is 1. The van der Waals surface area contributed by atoms with E-state index in [1.165, 1.54) is 0 Å². The largest absolute Gasteiger partial charge is 0.360 e. The van der Waals surface area contributed by atoms with Crippen molar-refractivity contribution in [3.8, 4) is 0 Å². The minimum absolute atomic E-state index is 0.0228. The summed E-state index contributed by atoms with van der Waals surface area (Å²) in [6.45, 7) is 7.62. The number of sulfone groups is 1. The molecule has 1 aromatic heterocycles. The number of anilines is 1. The molecule has 1 aliphatic rings. The van der Waals surface area contributed by atoms with Gasteiger partial charge in [-0.1, -0.05) is 5.16 Å². The molecule has 1 N–H and O–H groups in total. The molecule has 2 heterocycles. The van der Waals surface area contributed by atoms with Gasteiger partial charge in [-0.15, -0.1) is 0 Å². The average Bonchev–Trinajstić information content (AvgIpc) is 2.92. The summed E-state index contributed by atoms with van der Waals surface area (Å²) in [5.74, 6) is 1.30. The van der Waals surface area contributed by atoms with Gasteiger partial charge in [-0.05, 0) is 59.7 Å². The highest BCUT2D eigenvalue weighted by atomic mass is 32.2. The second kappa shape index (κ2) is 8.11. The Kier molecular flexibility index (Phi) is 6.40. The van der Waals surface area contributed by atoms with Crippen molar-refractivity contribution in [1.82, 2.24) is 10.1 Å². The number of carbonyl (C=O) groups excluding carboxylic acids is 1. The molecule has 0 bridgehead atoms. The Bertz CT molecular complexity index is 646. The van der Waals surface area contributed by atoms with Crippen molar-refractivity contribution in [2.75, 3.05) is 30.7 Å². The first-order valence-corrected chi connectivity index (χ1v) is 10.2. The Morgan fingerprint density at radius 1 is 1.42 bits per heavy atom. The van der Waals surface area contributed by atoms with Crippen LogP contribution in [0.25, 0.3) is 0 Å². The fraction of sp³-hybridized carbons (Fsp3) is 0.750. The van der Waals surface area contributed by atoms with Crippen molar-refractivity contribution in [3.05, 3.63) is 11.8 Å². The summed E-state index contributed by atoms with van der Waals surface area (Å²) in [4.78, 5) is 14.4. The molecule has 7 nitrogen and oxygen atoms in total. The van der Waals surface area contributed by atoms with Crippen molar-refractivity contribution in [1.29, 1.82) is 0 Å². The maximum Gasteiger partial charge on any atom is 0.228 e. The quantitative estimate of drug-likeness (QED) is 0.800. The van der Waals surface area contributed by atoms with Gasteiger partial charge < -0.3 is 14.7 Å². The number of rotatable bonds is 7. The third-order valence-electron chi connectivity index (χ3n) is 4.46. The zero-order chi connectivity index (χ0) is 17.7. The van der Waals surface area contributed by atoms with Gasteiger partial charge in [-0.3, -0.25) is 4.79 Å². The fourth-order valence-electron chi connectivity index (χ4n) is 2.80. The molecule has 0 unspecified atom stereocenters. The molecule has 0 aromatic carbocycles. The molecule has 0 saturated carbocycles. The molecule has 0 radical (unpaired) electrons. The maximum absolute atomic E-state index is 12.2. The van der Waals surface area contributed by atoms with Gasteiger partial charge >= 0.3 is 0 Å². The summed E-state index contributed by atoms with van der Waals surface area (Å²) >= 11 is 0. The van der Waals surface area contributed by atoms with Crippen LogP contribution in [0.5, 0.6) is 0 Å². The number of aromatic nitrogens is 1. The van der Waals surface area contributed by atoms with Crippen LogP contribution < -0.4 is 5.32 Å². The van der Waals surface area contributed by atoms with Crippen molar-refractivity contribution in [2.45, 2.75) is 45.3 Å². The van der Waals surface area contributed by atoms with Crippen LogP contribution in [0.1, 0.15) is 38.9 Å². The van der Waals surface area contributed by atoms with E-state index in [0.29, 0.717) is 18.0 Å². The van der Waals surface area contributed by atoms with Crippen LogP contribution in [0.2, 0.25) is 0 Å². The standard InChI is InChI=1S/C16H27N3O4S/c1-12(2)24(21,22)10-4-7-19-8-5-14(6-9-19)16(20)17-15-11-13(3)23-18-15/h11-12,14H,4-10H2,1-3H3,(H,17,18,20). The van der Waals surface area contributed by atoms with E-state index in [0.717, 1.165) is 32.5 Å². The van der Waals surface area contributed by atoms with E-state index in [2.05, 4.69) is 15.4 Å². The molecule has 0 aliphatic carbocycles. The van der Waals surface area contributed by atoms with Crippen LogP contribution in [-0.4, -0.2) is 55.0 Å². The molecule has 1 aliphatic heterocycles. The number of nitrogens with one attached hydrogen (secondary N) is 1. The van der Waals surface area contributed by atoms with Crippen LogP contribution in [0.4, 0.5) is 5.82 Å². The van der Waals surface area contributed by atoms with Gasteiger partial charge in [0.05, 0.1) is 11.0 Å². The predicted molar refractivity (Wildman–Crippen MR) is 92.6 cm³/mol. The second-order valence-corrected chi connectivity index (χ2v) is 9.37. The summed E-state index contributed by atoms with van der Waals surface area (Å²) < 4.78 is 28.5. The van der Waals surface area contributed by atoms with Gasteiger partial charge in [0.15, 0.2) is 15.7 Å². The van der Waals surface area contributed by atoms with Crippen molar-refractivity contribution >= 4 is 21.6 Å². The molecule has 8 heteroatoms. The fourth-order valence-corrected chi connectivity index (χ4v) is 3.80. The summed E-state index contributed by atoms with van der Waals surface area (Å²) in [5.41, 5.74) is 0. The first-order chi connectivity index (χ1) is 11.3. The normalized spacial score (nSPS) is 17.3. The van der Waals surface area contributed by atoms with Crippen molar-refractivity contribution in [3.63, 3.8) is 0 Å². The molecule has 24 heavy (non-hydrogen) atoms. The molecule has 0 atom stereocenters. The number of carbonyl (C=O) groups is 1. The van der Waals surface area contributed by atoms with Crippen molar-refractivity contribution in [2.24, 2.45) is 5.92 Å². The topological polar surface area (TPSA) is 92.5 Å². The average molecular weight is 357 g/mol. The minimum atomic E-state index is -2.96. The van der Waals surface area contributed by atoms with Crippen LogP contribution >= 0.6 is 0 Å². The SMILES string of the molecule is Cc1cc(NC(=O)C2CCN(CCCS(=O)(=O)C(C)C)CC2)no1. The summed E-state index contributed by atoms with van der Waals surface area (Å²) in [6.07, 6.45) is 2.20. The Labute approximate surface area is 143 Å². The highest BCUT2D eigenvalue weighted by molar-refractivity contribution is 7.91. The Hall–Kier alpha value is -1.41. The van der Waals surface area contributed by atoms with Crippen LogP contribution in [0, 0.1) is 12.8 Å². The smallest absolute Gasteiger partial charge is 0.228 e. The van der Waals surface area contributed by atoms with Crippen LogP contribution in [0.3, 0.4) is 0 Å². The lowest BCUT2D eigenvalue weighted by Gasteiger charge is -2.31. The number of nitrogens with zero attached hydrogens (tertiary/aromatic N) is 2. The molecule has 0 spiro atoms. The zero-order valence-corrected chi connectivity index (χ0v) is 15.4. The van der Waals surface area contributed by atoms with Crippen molar-refractivity contribution < 1.29 is 17.7 Å². The molecular weight excluding hydrogens is 330 g/mol. The lowest BCUT2D eigenvalue weighted by molar-refractivity contribution is -0.121. The van der Waals surface area contributed by atoms with E-state index in [-0.39, 0.29) is 22.8 Å². The van der Waals surface area contributed by atoms with Gasteiger partial charge in [0.25, 0.3) is 0 Å². The summed E-state index contributed by atoms with van der Waals surface area (Å²) in [5, 5.41) is 6.24. The van der Waals surface area contributed by atoms with Crippen LogP contribution in [-0.2, 0) is 14.6 Å². The number of hydrogen-bond acceptors (Lipinski definition) is 6. The number of piperidine rings is 1. The molecule has 2 rings (SSSR count). The second-order valence-electron chi connectivity index (χ2n) is 6.70. The molecule has 1 saturated heterocycles. The minimum Gasteiger partial charge on any atom is -0.360 e. The maximum atomic E-state index is 12.2. The highest BCUT2D eigenvalue weighted by Gasteiger charge is 2.26. The van der Waals surface area contributed by atoms with Gasteiger partial charge in [0, 0.05) is 12.0 Å². The van der Waals surface area contributed by atoms with E-state index in [1.807, 2.05) is 0 Å². The molecule has 1 fully saturated rings. The van der Waals surface area contributed by atoms with E-state index >= 15 is 0 Å². The first kappa shape index (κ1) is 18.9. The number of likely N-dealkylation sites (tertiary alicyclic amines) is 1. The highest BCUT2D eigenvalue weighted by Crippen LogP contribution is 2.20. The molecule has 1 amide bonds.